The summed E-state index contributed by atoms with van der Waals surface area (Å²) in [5.41, 5.74) is 0.533. The lowest BCUT2D eigenvalue weighted by atomic mass is 9.98. The predicted octanol–water partition coefficient (Wildman–Crippen LogP) is 2.79. The van der Waals surface area contributed by atoms with Crippen molar-refractivity contribution in [3.63, 3.8) is 0 Å². The second-order valence-electron chi connectivity index (χ2n) is 6.68. The molecule has 1 aromatic carbocycles. The van der Waals surface area contributed by atoms with Crippen LogP contribution < -0.4 is 4.72 Å². The third-order valence-corrected chi connectivity index (χ3v) is 6.24. The molecule has 0 aromatic heterocycles. The Bertz CT molecular complexity index is 774. The Morgan fingerprint density at radius 2 is 1.92 bits per heavy atom. The number of amidine groups is 1. The standard InChI is InChI=1S/C19H29N3O3S/c1-5-8-13-22(7-3)19(23)17(14(4)6-2)20-18-15-11-9-10-12-16(15)26(24,25)21-18/h9-12,14,17H,5-8,13H2,1-4H3,(H,20,21)/t14-,17-/m1/s1. The van der Waals surface area contributed by atoms with Gasteiger partial charge in [0.25, 0.3) is 10.0 Å². The van der Waals surface area contributed by atoms with Gasteiger partial charge in [-0.25, -0.2) is 8.42 Å². The number of nitrogens with zero attached hydrogens (tertiary/aromatic N) is 2. The first-order chi connectivity index (χ1) is 12.4. The Kier molecular flexibility index (Phi) is 6.81. The number of sulfonamides is 1. The predicted molar refractivity (Wildman–Crippen MR) is 104 cm³/mol. The SMILES string of the molecule is CCCCN(CC)C(=O)[C@H](N=C1NS(=O)(=O)c2ccccc21)[C@H](C)CC. The summed E-state index contributed by atoms with van der Waals surface area (Å²) in [7, 11) is -3.60. The van der Waals surface area contributed by atoms with Crippen LogP contribution in [0.15, 0.2) is 34.2 Å². The van der Waals surface area contributed by atoms with Gasteiger partial charge in [-0.05, 0) is 31.4 Å². The molecule has 0 saturated carbocycles. The highest BCUT2D eigenvalue weighted by atomic mass is 32.2. The van der Waals surface area contributed by atoms with Crippen molar-refractivity contribution in [3.05, 3.63) is 29.8 Å². The molecule has 6 nitrogen and oxygen atoms in total. The largest absolute Gasteiger partial charge is 0.341 e. The van der Waals surface area contributed by atoms with E-state index in [-0.39, 0.29) is 22.6 Å². The fourth-order valence-corrected chi connectivity index (χ4v) is 4.22. The smallest absolute Gasteiger partial charge is 0.263 e. The van der Waals surface area contributed by atoms with Crippen LogP contribution in [0.5, 0.6) is 0 Å². The van der Waals surface area contributed by atoms with Gasteiger partial charge in [0.05, 0.1) is 4.90 Å². The molecular weight excluding hydrogens is 350 g/mol. The zero-order valence-corrected chi connectivity index (χ0v) is 16.8. The normalized spacial score (nSPS) is 18.8. The number of hydrogen-bond acceptors (Lipinski definition) is 4. The van der Waals surface area contributed by atoms with Crippen molar-refractivity contribution in [2.45, 2.75) is 57.9 Å². The van der Waals surface area contributed by atoms with Gasteiger partial charge in [-0.2, -0.15) is 0 Å². The maximum Gasteiger partial charge on any atom is 0.263 e. The van der Waals surface area contributed by atoms with E-state index in [1.807, 2.05) is 25.7 Å². The van der Waals surface area contributed by atoms with Crippen LogP contribution >= 0.6 is 0 Å². The average Bonchev–Trinajstić information content (AvgIpc) is 2.90. The third kappa shape index (κ3) is 4.26. The van der Waals surface area contributed by atoms with Gasteiger partial charge in [0.1, 0.15) is 11.9 Å². The molecule has 1 aromatic rings. The van der Waals surface area contributed by atoms with Crippen LogP contribution in [0.4, 0.5) is 0 Å². The summed E-state index contributed by atoms with van der Waals surface area (Å²) in [6.07, 6.45) is 2.74. The van der Waals surface area contributed by atoms with Crippen LogP contribution in [0.25, 0.3) is 0 Å². The number of rotatable bonds is 8. The third-order valence-electron chi connectivity index (χ3n) is 4.84. The van der Waals surface area contributed by atoms with E-state index in [0.717, 1.165) is 19.3 Å². The van der Waals surface area contributed by atoms with Crippen LogP contribution in [0.3, 0.4) is 0 Å². The first-order valence-electron chi connectivity index (χ1n) is 9.34. The first-order valence-corrected chi connectivity index (χ1v) is 10.8. The lowest BCUT2D eigenvalue weighted by molar-refractivity contribution is -0.133. The Balaban J connectivity index is 2.40. The number of aliphatic imine (C=N–C) groups is 1. The van der Waals surface area contributed by atoms with Gasteiger partial charge in [-0.3, -0.25) is 14.5 Å². The molecule has 1 aliphatic rings. The van der Waals surface area contributed by atoms with Gasteiger partial charge >= 0.3 is 0 Å². The van der Waals surface area contributed by atoms with Crippen molar-refractivity contribution in [1.82, 2.24) is 9.62 Å². The van der Waals surface area contributed by atoms with Crippen molar-refractivity contribution >= 4 is 21.8 Å². The Hall–Kier alpha value is -1.89. The van der Waals surface area contributed by atoms with E-state index in [9.17, 15) is 13.2 Å². The molecule has 0 bridgehead atoms. The minimum atomic E-state index is -3.60. The van der Waals surface area contributed by atoms with E-state index in [0.29, 0.717) is 18.7 Å². The van der Waals surface area contributed by atoms with E-state index in [2.05, 4.69) is 16.6 Å². The van der Waals surface area contributed by atoms with E-state index in [4.69, 9.17) is 0 Å². The quantitative estimate of drug-likeness (QED) is 0.754. The van der Waals surface area contributed by atoms with Gasteiger partial charge < -0.3 is 4.90 Å². The molecule has 1 amide bonds. The number of carbonyl (C=O) groups is 1. The summed E-state index contributed by atoms with van der Waals surface area (Å²) < 4.78 is 27.1. The van der Waals surface area contributed by atoms with Gasteiger partial charge in [0, 0.05) is 18.7 Å². The molecule has 1 N–H and O–H groups in total. The van der Waals surface area contributed by atoms with Crippen LogP contribution in [-0.4, -0.2) is 44.2 Å². The van der Waals surface area contributed by atoms with E-state index in [1.165, 1.54) is 0 Å². The molecule has 2 rings (SSSR count). The van der Waals surface area contributed by atoms with Gasteiger partial charge in [-0.15, -0.1) is 0 Å². The molecule has 0 spiro atoms. The minimum absolute atomic E-state index is 0.0166. The molecule has 0 saturated heterocycles. The average molecular weight is 380 g/mol. The van der Waals surface area contributed by atoms with E-state index < -0.39 is 16.1 Å². The lowest BCUT2D eigenvalue weighted by Gasteiger charge is -2.27. The molecule has 0 aliphatic carbocycles. The van der Waals surface area contributed by atoms with Crippen LogP contribution in [-0.2, 0) is 14.8 Å². The van der Waals surface area contributed by atoms with Gasteiger partial charge in [-0.1, -0.05) is 45.7 Å². The number of likely N-dealkylation sites (N-methyl/N-ethyl adjacent to an activating group) is 1. The summed E-state index contributed by atoms with van der Waals surface area (Å²) in [4.78, 5) is 19.7. The molecule has 144 valence electrons. The number of fused-ring (bicyclic) bond motifs is 1. The Morgan fingerprint density at radius 1 is 1.23 bits per heavy atom. The molecule has 2 atom stereocenters. The second kappa shape index (κ2) is 8.66. The lowest BCUT2D eigenvalue weighted by Crippen LogP contribution is -2.42. The zero-order valence-electron chi connectivity index (χ0n) is 16.0. The van der Waals surface area contributed by atoms with Crippen molar-refractivity contribution in [3.8, 4) is 0 Å². The summed E-state index contributed by atoms with van der Waals surface area (Å²) >= 11 is 0. The van der Waals surface area contributed by atoms with Crippen LogP contribution in [0.1, 0.15) is 52.5 Å². The maximum atomic E-state index is 13.1. The number of unbranched alkanes of at least 4 members (excludes halogenated alkanes) is 1. The number of nitrogens with one attached hydrogen (secondary N) is 1. The number of carbonyl (C=O) groups excluding carboxylic acids is 1. The number of amides is 1. The molecule has 1 aliphatic heterocycles. The van der Waals surface area contributed by atoms with Crippen molar-refractivity contribution in [2.75, 3.05) is 13.1 Å². The van der Waals surface area contributed by atoms with Gasteiger partial charge in [0.2, 0.25) is 5.91 Å². The summed E-state index contributed by atoms with van der Waals surface area (Å²) in [5, 5.41) is 0. The molecule has 0 fully saturated rings. The monoisotopic (exact) mass is 379 g/mol. The highest BCUT2D eigenvalue weighted by molar-refractivity contribution is 7.90. The zero-order chi connectivity index (χ0) is 19.3. The molecule has 1 heterocycles. The number of hydrogen-bond donors (Lipinski definition) is 1. The molecule has 26 heavy (non-hydrogen) atoms. The Morgan fingerprint density at radius 3 is 2.54 bits per heavy atom. The van der Waals surface area contributed by atoms with E-state index in [1.54, 1.807) is 24.3 Å². The molecule has 7 heteroatoms. The molecular formula is C19H29N3O3S. The summed E-state index contributed by atoms with van der Waals surface area (Å²) in [6, 6.07) is 6.14. The summed E-state index contributed by atoms with van der Waals surface area (Å²) in [5.74, 6) is 0.250. The fraction of sp³-hybridized carbons (Fsp3) is 0.579. The summed E-state index contributed by atoms with van der Waals surface area (Å²) in [6.45, 7) is 9.37. The van der Waals surface area contributed by atoms with E-state index >= 15 is 0 Å². The molecule has 0 radical (unpaired) electrons. The minimum Gasteiger partial charge on any atom is -0.341 e. The molecule has 0 unspecified atom stereocenters. The topological polar surface area (TPSA) is 78.8 Å². The number of benzene rings is 1. The Labute approximate surface area is 156 Å². The fourth-order valence-electron chi connectivity index (χ4n) is 2.98. The highest BCUT2D eigenvalue weighted by Crippen LogP contribution is 2.24. The maximum absolute atomic E-state index is 13.1. The highest BCUT2D eigenvalue weighted by Gasteiger charge is 2.34. The van der Waals surface area contributed by atoms with Crippen LogP contribution in [0, 0.1) is 5.92 Å². The van der Waals surface area contributed by atoms with Gasteiger partial charge in [0.15, 0.2) is 0 Å². The van der Waals surface area contributed by atoms with Crippen molar-refractivity contribution < 1.29 is 13.2 Å². The first kappa shape index (κ1) is 20.4. The van der Waals surface area contributed by atoms with Crippen molar-refractivity contribution in [2.24, 2.45) is 10.9 Å². The van der Waals surface area contributed by atoms with Crippen molar-refractivity contribution in [1.29, 1.82) is 0 Å². The van der Waals surface area contributed by atoms with Crippen LogP contribution in [0.2, 0.25) is 0 Å². The second-order valence-corrected chi connectivity index (χ2v) is 8.33.